The van der Waals surface area contributed by atoms with E-state index in [1.165, 1.54) is 0 Å². The Hall–Kier alpha value is -1.49. The second kappa shape index (κ2) is 5.50. The summed E-state index contributed by atoms with van der Waals surface area (Å²) in [4.78, 5) is 23.5. The lowest BCUT2D eigenvalue weighted by molar-refractivity contribution is -0.160. The number of carboxylic acid groups (broad SMARTS) is 1. The Morgan fingerprint density at radius 3 is 2.80 bits per heavy atom. The molecule has 0 bridgehead atoms. The van der Waals surface area contributed by atoms with Gasteiger partial charge in [0.15, 0.2) is 5.78 Å². The number of hydrogen-bond donors (Lipinski definition) is 2. The fourth-order valence-corrected chi connectivity index (χ4v) is 6.73. The summed E-state index contributed by atoms with van der Waals surface area (Å²) in [7, 11) is 0. The van der Waals surface area contributed by atoms with E-state index in [1.807, 2.05) is 6.08 Å². The number of halogens is 1. The van der Waals surface area contributed by atoms with Crippen LogP contribution in [-0.4, -0.2) is 34.7 Å². The van der Waals surface area contributed by atoms with E-state index in [0.29, 0.717) is 12.8 Å². The van der Waals surface area contributed by atoms with Crippen molar-refractivity contribution < 1.29 is 24.2 Å². The maximum absolute atomic E-state index is 14.2. The Morgan fingerprint density at radius 1 is 1.36 bits per heavy atom. The third kappa shape index (κ3) is 2.14. The van der Waals surface area contributed by atoms with Gasteiger partial charge in [0.1, 0.15) is 0 Å². The number of alkyl halides is 1. The maximum Gasteiger partial charge on any atom is 0.307 e. The van der Waals surface area contributed by atoms with Crippen molar-refractivity contribution in [3.05, 3.63) is 23.8 Å². The first-order chi connectivity index (χ1) is 11.8. The largest absolute Gasteiger partial charge is 0.481 e. The lowest BCUT2D eigenvalue weighted by Crippen LogP contribution is -2.58. The Labute approximate surface area is 146 Å². The molecule has 0 radical (unpaired) electrons. The van der Waals surface area contributed by atoms with Gasteiger partial charge in [-0.2, -0.15) is 0 Å². The minimum Gasteiger partial charge on any atom is -0.481 e. The molecule has 0 saturated heterocycles. The van der Waals surface area contributed by atoms with Gasteiger partial charge >= 0.3 is 5.97 Å². The highest BCUT2D eigenvalue weighted by Gasteiger charge is 2.64. The number of aliphatic hydroxyl groups excluding tert-OH is 1. The summed E-state index contributed by atoms with van der Waals surface area (Å²) in [6, 6.07) is 0. The van der Waals surface area contributed by atoms with Crippen LogP contribution in [0.3, 0.4) is 0 Å². The molecule has 136 valence electrons. The van der Waals surface area contributed by atoms with Gasteiger partial charge in [0.05, 0.1) is 18.7 Å². The van der Waals surface area contributed by atoms with Gasteiger partial charge in [-0.3, -0.25) is 14.0 Å². The maximum atomic E-state index is 14.2. The highest BCUT2D eigenvalue weighted by atomic mass is 19.1. The van der Waals surface area contributed by atoms with Gasteiger partial charge < -0.3 is 10.2 Å². The van der Waals surface area contributed by atoms with Crippen LogP contribution in [-0.2, 0) is 9.59 Å². The van der Waals surface area contributed by atoms with E-state index < -0.39 is 30.1 Å². The van der Waals surface area contributed by atoms with Gasteiger partial charge in [0.25, 0.3) is 0 Å². The molecule has 7 atom stereocenters. The first-order valence-corrected chi connectivity index (χ1v) is 9.24. The van der Waals surface area contributed by atoms with E-state index in [1.54, 1.807) is 12.2 Å². The SMILES string of the molecule is C[C@]12C=CC(=O)C=C1CC[C@@H]1[C@@H]2[C@@H](O)C[C@]2(CF)[C@@H](C(=O)O)CC[C@@H]12. The molecular formula is C20H25FO4. The minimum absolute atomic E-state index is 0.00333. The second-order valence-corrected chi connectivity index (χ2v) is 8.63. The fraction of sp³-hybridized carbons (Fsp3) is 0.700. The number of aliphatic hydroxyl groups is 1. The Balaban J connectivity index is 1.75. The molecule has 4 aliphatic carbocycles. The van der Waals surface area contributed by atoms with E-state index in [2.05, 4.69) is 6.92 Å². The van der Waals surface area contributed by atoms with Crippen LogP contribution >= 0.6 is 0 Å². The summed E-state index contributed by atoms with van der Waals surface area (Å²) in [5.74, 6) is -1.63. The zero-order valence-electron chi connectivity index (χ0n) is 14.5. The van der Waals surface area contributed by atoms with Gasteiger partial charge in [0.2, 0.25) is 0 Å². The average Bonchev–Trinajstić information content (AvgIpc) is 2.95. The van der Waals surface area contributed by atoms with Crippen molar-refractivity contribution >= 4 is 11.8 Å². The molecule has 0 heterocycles. The van der Waals surface area contributed by atoms with Crippen molar-refractivity contribution in [1.29, 1.82) is 0 Å². The van der Waals surface area contributed by atoms with Crippen molar-refractivity contribution in [3.63, 3.8) is 0 Å². The Morgan fingerprint density at radius 2 is 2.12 bits per heavy atom. The van der Waals surface area contributed by atoms with Crippen molar-refractivity contribution in [3.8, 4) is 0 Å². The number of carbonyl (C=O) groups is 2. The van der Waals surface area contributed by atoms with Gasteiger partial charge in [-0.15, -0.1) is 0 Å². The van der Waals surface area contributed by atoms with E-state index >= 15 is 0 Å². The zero-order valence-corrected chi connectivity index (χ0v) is 14.5. The van der Waals surface area contributed by atoms with Crippen molar-refractivity contribution in [2.24, 2.45) is 34.5 Å². The van der Waals surface area contributed by atoms with Crippen LogP contribution in [0.4, 0.5) is 4.39 Å². The van der Waals surface area contributed by atoms with Gasteiger partial charge in [-0.1, -0.05) is 18.6 Å². The zero-order chi connectivity index (χ0) is 18.0. The van der Waals surface area contributed by atoms with Crippen LogP contribution in [0.2, 0.25) is 0 Å². The molecule has 0 aliphatic heterocycles. The molecular weight excluding hydrogens is 323 g/mol. The van der Waals surface area contributed by atoms with Gasteiger partial charge in [-0.25, -0.2) is 0 Å². The topological polar surface area (TPSA) is 74.6 Å². The monoisotopic (exact) mass is 348 g/mol. The van der Waals surface area contributed by atoms with Gasteiger partial charge in [-0.05, 0) is 56.1 Å². The number of carbonyl (C=O) groups excluding carboxylic acids is 1. The van der Waals surface area contributed by atoms with Crippen LogP contribution < -0.4 is 0 Å². The first-order valence-electron chi connectivity index (χ1n) is 9.24. The minimum atomic E-state index is -0.934. The number of fused-ring (bicyclic) bond motifs is 5. The smallest absolute Gasteiger partial charge is 0.307 e. The summed E-state index contributed by atoms with van der Waals surface area (Å²) >= 11 is 0. The predicted octanol–water partition coefficient (Wildman–Crippen LogP) is 2.92. The molecule has 3 fully saturated rings. The van der Waals surface area contributed by atoms with E-state index in [4.69, 9.17) is 0 Å². The van der Waals surface area contributed by atoms with Crippen molar-refractivity contribution in [2.75, 3.05) is 6.67 Å². The number of ketones is 1. The molecule has 5 heteroatoms. The Kier molecular flexibility index (Phi) is 3.73. The molecule has 0 aromatic rings. The summed E-state index contributed by atoms with van der Waals surface area (Å²) in [6.45, 7) is 1.39. The highest BCUT2D eigenvalue weighted by Crippen LogP contribution is 2.66. The normalized spacial score (nSPS) is 48.4. The molecule has 0 amide bonds. The van der Waals surface area contributed by atoms with Crippen molar-refractivity contribution in [2.45, 2.75) is 45.1 Å². The summed E-state index contributed by atoms with van der Waals surface area (Å²) in [6.07, 6.45) is 7.40. The van der Waals surface area contributed by atoms with Crippen LogP contribution in [0.25, 0.3) is 0 Å². The molecule has 4 aliphatic rings. The van der Waals surface area contributed by atoms with Crippen LogP contribution in [0.1, 0.15) is 39.0 Å². The van der Waals surface area contributed by atoms with Crippen molar-refractivity contribution in [1.82, 2.24) is 0 Å². The molecule has 0 spiro atoms. The molecule has 0 aromatic carbocycles. The summed E-state index contributed by atoms with van der Waals surface area (Å²) < 4.78 is 14.2. The van der Waals surface area contributed by atoms with E-state index in [-0.39, 0.29) is 35.4 Å². The van der Waals surface area contributed by atoms with Crippen LogP contribution in [0.5, 0.6) is 0 Å². The second-order valence-electron chi connectivity index (χ2n) is 8.63. The third-order valence-electron chi connectivity index (χ3n) is 7.77. The number of allylic oxidation sites excluding steroid dienone is 4. The predicted molar refractivity (Wildman–Crippen MR) is 89.4 cm³/mol. The molecule has 25 heavy (non-hydrogen) atoms. The average molecular weight is 348 g/mol. The quantitative estimate of drug-likeness (QED) is 0.805. The van der Waals surface area contributed by atoms with E-state index in [9.17, 15) is 24.2 Å². The van der Waals surface area contributed by atoms with Crippen LogP contribution in [0.15, 0.2) is 23.8 Å². The number of carboxylic acids is 1. The number of hydrogen-bond acceptors (Lipinski definition) is 3. The summed E-state index contributed by atoms with van der Waals surface area (Å²) in [5, 5.41) is 20.6. The molecule has 0 unspecified atom stereocenters. The van der Waals surface area contributed by atoms with Crippen LogP contribution in [0, 0.1) is 34.5 Å². The Bertz CT molecular complexity index is 683. The fourth-order valence-electron chi connectivity index (χ4n) is 6.73. The summed E-state index contributed by atoms with van der Waals surface area (Å²) in [5.41, 5.74) is -0.265. The van der Waals surface area contributed by atoms with E-state index in [0.717, 1.165) is 18.4 Å². The molecule has 4 rings (SSSR count). The molecule has 3 saturated carbocycles. The first kappa shape index (κ1) is 17.0. The lowest BCUT2D eigenvalue weighted by Gasteiger charge is -2.58. The highest BCUT2D eigenvalue weighted by molar-refractivity contribution is 6.01. The number of aliphatic carboxylic acids is 1. The molecule has 2 N–H and O–H groups in total. The molecule has 4 nitrogen and oxygen atoms in total. The lowest BCUT2D eigenvalue weighted by atomic mass is 9.46. The standard InChI is InChI=1S/C20H25FO4/c1-19-7-6-12(22)8-11(19)2-3-13-14-4-5-15(18(24)25)20(14,10-21)9-16(23)17(13)19/h6-8,13-17,23H,2-5,9-10H2,1H3,(H,24,25)/t13-,14-,15+,16-,17+,19-,20+/m0/s1. The van der Waals surface area contributed by atoms with Gasteiger partial charge in [0, 0.05) is 16.7 Å². The third-order valence-corrected chi connectivity index (χ3v) is 7.77. The molecule has 0 aromatic heterocycles. The number of rotatable bonds is 2.